The fourth-order valence-corrected chi connectivity index (χ4v) is 4.13. The van der Waals surface area contributed by atoms with Crippen LogP contribution in [-0.2, 0) is 10.0 Å². The molecule has 1 atom stereocenters. The number of nitrogens with zero attached hydrogens (tertiary/aromatic N) is 3. The van der Waals surface area contributed by atoms with Gasteiger partial charge in [-0.15, -0.1) is 0 Å². The molecule has 1 fully saturated rings. The number of nitriles is 1. The average molecular weight is 280 g/mol. The molecule has 1 aromatic rings. The summed E-state index contributed by atoms with van der Waals surface area (Å²) >= 11 is 0. The Hall–Kier alpha value is -1.49. The summed E-state index contributed by atoms with van der Waals surface area (Å²) in [5.74, 6) is 0. The Balaban J connectivity index is 2.44. The van der Waals surface area contributed by atoms with Gasteiger partial charge in [0.05, 0.1) is 0 Å². The van der Waals surface area contributed by atoms with Crippen molar-refractivity contribution >= 4 is 10.0 Å². The molecule has 0 aliphatic carbocycles. The Morgan fingerprint density at radius 3 is 3.00 bits per heavy atom. The van der Waals surface area contributed by atoms with Gasteiger partial charge >= 0.3 is 0 Å². The van der Waals surface area contributed by atoms with Gasteiger partial charge in [-0.2, -0.15) is 9.57 Å². The molecule has 1 aliphatic rings. The van der Waals surface area contributed by atoms with Crippen molar-refractivity contribution in [3.8, 4) is 6.07 Å². The molecule has 1 aromatic heterocycles. The number of rotatable bonds is 3. The van der Waals surface area contributed by atoms with Crippen molar-refractivity contribution in [2.75, 3.05) is 13.1 Å². The minimum Gasteiger partial charge on any atom is -0.329 e. The van der Waals surface area contributed by atoms with Crippen LogP contribution in [0.4, 0.5) is 0 Å². The normalized spacial score (nSPS) is 20.9. The molecule has 102 valence electrons. The molecule has 7 heteroatoms. The van der Waals surface area contributed by atoms with Crippen molar-refractivity contribution in [3.63, 3.8) is 0 Å². The van der Waals surface area contributed by atoms with Crippen LogP contribution in [0.25, 0.3) is 0 Å². The lowest BCUT2D eigenvalue weighted by Gasteiger charge is -2.33. The van der Waals surface area contributed by atoms with Crippen LogP contribution >= 0.6 is 0 Å². The van der Waals surface area contributed by atoms with E-state index in [-0.39, 0.29) is 16.6 Å². The highest BCUT2D eigenvalue weighted by atomic mass is 32.2. The van der Waals surface area contributed by atoms with Gasteiger partial charge in [-0.25, -0.2) is 13.4 Å². The van der Waals surface area contributed by atoms with Gasteiger partial charge in [0.1, 0.15) is 11.0 Å². The summed E-state index contributed by atoms with van der Waals surface area (Å²) in [6.45, 7) is 0.741. The molecule has 0 aromatic carbocycles. The van der Waals surface area contributed by atoms with Crippen LogP contribution in [0.1, 0.15) is 25.0 Å². The first-order valence-corrected chi connectivity index (χ1v) is 7.62. The second kappa shape index (κ2) is 5.65. The molecule has 2 heterocycles. The SMILES string of the molecule is N#Cc1ncccc1S(=O)(=O)N1CCCCC1CN. The number of aromatic nitrogens is 1. The molecule has 19 heavy (non-hydrogen) atoms. The van der Waals surface area contributed by atoms with Crippen LogP contribution in [0.15, 0.2) is 23.2 Å². The lowest BCUT2D eigenvalue weighted by molar-refractivity contribution is 0.257. The maximum atomic E-state index is 12.6. The Kier molecular flexibility index (Phi) is 4.14. The molecule has 0 spiro atoms. The Morgan fingerprint density at radius 1 is 1.53 bits per heavy atom. The van der Waals surface area contributed by atoms with Gasteiger partial charge in [0.2, 0.25) is 10.0 Å². The highest BCUT2D eigenvalue weighted by Crippen LogP contribution is 2.25. The third-order valence-electron chi connectivity index (χ3n) is 3.31. The average Bonchev–Trinajstić information content (AvgIpc) is 2.47. The summed E-state index contributed by atoms with van der Waals surface area (Å²) in [5, 5.41) is 8.98. The van der Waals surface area contributed by atoms with E-state index in [0.29, 0.717) is 13.1 Å². The van der Waals surface area contributed by atoms with Gasteiger partial charge in [-0.1, -0.05) is 6.42 Å². The minimum atomic E-state index is -3.70. The molecule has 2 N–H and O–H groups in total. The van der Waals surface area contributed by atoms with E-state index < -0.39 is 10.0 Å². The van der Waals surface area contributed by atoms with E-state index in [1.54, 1.807) is 0 Å². The topological polar surface area (TPSA) is 100 Å². The van der Waals surface area contributed by atoms with Crippen molar-refractivity contribution in [2.45, 2.75) is 30.2 Å². The van der Waals surface area contributed by atoms with E-state index in [0.717, 1.165) is 19.3 Å². The highest BCUT2D eigenvalue weighted by molar-refractivity contribution is 7.89. The molecule has 6 nitrogen and oxygen atoms in total. The van der Waals surface area contributed by atoms with Crippen LogP contribution in [0.5, 0.6) is 0 Å². The van der Waals surface area contributed by atoms with Crippen molar-refractivity contribution in [1.82, 2.24) is 9.29 Å². The smallest absolute Gasteiger partial charge is 0.246 e. The van der Waals surface area contributed by atoms with Gasteiger partial charge in [-0.3, -0.25) is 0 Å². The Bertz CT molecular complexity index is 594. The lowest BCUT2D eigenvalue weighted by Crippen LogP contribution is -2.47. The summed E-state index contributed by atoms with van der Waals surface area (Å²) in [4.78, 5) is 3.78. The van der Waals surface area contributed by atoms with Crippen LogP contribution in [0.3, 0.4) is 0 Å². The summed E-state index contributed by atoms with van der Waals surface area (Å²) in [6.07, 6.45) is 3.97. The first-order chi connectivity index (χ1) is 9.11. The number of hydrogen-bond acceptors (Lipinski definition) is 5. The van der Waals surface area contributed by atoms with E-state index >= 15 is 0 Å². The third kappa shape index (κ3) is 2.61. The van der Waals surface area contributed by atoms with Crippen LogP contribution in [0.2, 0.25) is 0 Å². The summed E-state index contributed by atoms with van der Waals surface area (Å²) in [6, 6.07) is 4.58. The number of pyridine rings is 1. The zero-order chi connectivity index (χ0) is 13.9. The molecular weight excluding hydrogens is 264 g/mol. The van der Waals surface area contributed by atoms with Gasteiger partial charge in [0, 0.05) is 25.3 Å². The quantitative estimate of drug-likeness (QED) is 0.866. The van der Waals surface area contributed by atoms with Crippen molar-refractivity contribution in [2.24, 2.45) is 5.73 Å². The van der Waals surface area contributed by atoms with Crippen molar-refractivity contribution < 1.29 is 8.42 Å². The standard InChI is InChI=1S/C12H16N4O2S/c13-8-10-4-1-2-7-16(10)19(17,18)12-5-3-6-15-11(12)9-14/h3,5-6,10H,1-2,4,7-8,13H2. The number of hydrogen-bond donors (Lipinski definition) is 1. The second-order valence-corrected chi connectivity index (χ2v) is 6.32. The first kappa shape index (κ1) is 13.9. The van der Waals surface area contributed by atoms with Gasteiger partial charge in [0.15, 0.2) is 5.69 Å². The maximum Gasteiger partial charge on any atom is 0.246 e. The van der Waals surface area contributed by atoms with Gasteiger partial charge in [0.25, 0.3) is 0 Å². The van der Waals surface area contributed by atoms with E-state index in [1.807, 2.05) is 6.07 Å². The van der Waals surface area contributed by atoms with Gasteiger partial charge in [-0.05, 0) is 25.0 Å². The van der Waals surface area contributed by atoms with Crippen molar-refractivity contribution in [1.29, 1.82) is 5.26 Å². The first-order valence-electron chi connectivity index (χ1n) is 6.18. The summed E-state index contributed by atoms with van der Waals surface area (Å²) in [7, 11) is -3.70. The van der Waals surface area contributed by atoms with Gasteiger partial charge < -0.3 is 5.73 Å². The summed E-state index contributed by atoms with van der Waals surface area (Å²) in [5.41, 5.74) is 5.59. The highest BCUT2D eigenvalue weighted by Gasteiger charge is 2.34. The number of sulfonamides is 1. The molecule has 0 radical (unpaired) electrons. The predicted molar refractivity (Wildman–Crippen MR) is 69.5 cm³/mol. The Labute approximate surface area is 112 Å². The molecule has 2 rings (SSSR count). The summed E-state index contributed by atoms with van der Waals surface area (Å²) < 4.78 is 26.6. The fraction of sp³-hybridized carbons (Fsp3) is 0.500. The number of nitrogens with two attached hydrogens (primary N) is 1. The second-order valence-electron chi connectivity index (χ2n) is 4.46. The van der Waals surface area contributed by atoms with Crippen molar-refractivity contribution in [3.05, 3.63) is 24.0 Å². The molecular formula is C12H16N4O2S. The largest absolute Gasteiger partial charge is 0.329 e. The maximum absolute atomic E-state index is 12.6. The molecule has 1 unspecified atom stereocenters. The monoisotopic (exact) mass is 280 g/mol. The van der Waals surface area contributed by atoms with Crippen LogP contribution in [-0.4, -0.2) is 36.8 Å². The number of piperidine rings is 1. The van der Waals surface area contributed by atoms with E-state index in [4.69, 9.17) is 11.0 Å². The minimum absolute atomic E-state index is 0.0298. The van der Waals surface area contributed by atoms with E-state index in [1.165, 1.54) is 22.6 Å². The molecule has 0 saturated carbocycles. The molecule has 1 aliphatic heterocycles. The third-order valence-corrected chi connectivity index (χ3v) is 5.29. The fourth-order valence-electron chi connectivity index (χ4n) is 2.34. The molecule has 0 amide bonds. The zero-order valence-electron chi connectivity index (χ0n) is 10.5. The molecule has 0 bridgehead atoms. The molecule has 1 saturated heterocycles. The van der Waals surface area contributed by atoms with E-state index in [2.05, 4.69) is 4.98 Å². The Morgan fingerprint density at radius 2 is 2.32 bits per heavy atom. The zero-order valence-corrected chi connectivity index (χ0v) is 11.3. The van der Waals surface area contributed by atoms with E-state index in [9.17, 15) is 8.42 Å². The predicted octanol–water partition coefficient (Wildman–Crippen LogP) is 0.455. The van der Waals surface area contributed by atoms with Crippen LogP contribution in [0, 0.1) is 11.3 Å². The lowest BCUT2D eigenvalue weighted by atomic mass is 10.1. The van der Waals surface area contributed by atoms with Crippen LogP contribution < -0.4 is 5.73 Å².